The summed E-state index contributed by atoms with van der Waals surface area (Å²) in [7, 11) is -3.24. The topological polar surface area (TPSA) is 132 Å². The predicted molar refractivity (Wildman–Crippen MR) is 116 cm³/mol. The first kappa shape index (κ1) is 24.3. The van der Waals surface area contributed by atoms with E-state index in [2.05, 4.69) is 5.32 Å². The van der Waals surface area contributed by atoms with Gasteiger partial charge in [-0.15, -0.1) is 0 Å². The van der Waals surface area contributed by atoms with E-state index in [1.807, 2.05) is 6.07 Å². The molecular formula is C22H26N3O5P. The van der Waals surface area contributed by atoms with Gasteiger partial charge in [0.1, 0.15) is 6.04 Å². The Bertz CT molecular complexity index is 974. The molecule has 0 bridgehead atoms. The summed E-state index contributed by atoms with van der Waals surface area (Å²) in [4.78, 5) is 24.4. The van der Waals surface area contributed by atoms with Crippen LogP contribution in [0.1, 0.15) is 40.9 Å². The number of carbonyl (C=O) groups is 2. The Hall–Kier alpha value is -2.98. The second kappa shape index (κ2) is 11.4. The molecule has 0 heterocycles. The van der Waals surface area contributed by atoms with E-state index in [4.69, 9.17) is 20.0 Å². The molecule has 0 aromatic heterocycles. The summed E-state index contributed by atoms with van der Waals surface area (Å²) in [5.74, 6) is -1.12. The maximum Gasteiger partial charge on any atom is 0.335 e. The monoisotopic (exact) mass is 443 g/mol. The first-order valence-electron chi connectivity index (χ1n) is 9.86. The number of nitrogens with one attached hydrogen (secondary N) is 1. The van der Waals surface area contributed by atoms with Crippen molar-refractivity contribution in [3.63, 3.8) is 0 Å². The maximum absolute atomic E-state index is 12.6. The summed E-state index contributed by atoms with van der Waals surface area (Å²) in [6.07, 6.45) is 0.302. The number of nitriles is 1. The molecule has 0 unspecified atom stereocenters. The van der Waals surface area contributed by atoms with E-state index in [9.17, 15) is 14.2 Å². The molecule has 2 aromatic rings. The Morgan fingerprint density at radius 1 is 1.03 bits per heavy atom. The van der Waals surface area contributed by atoms with Gasteiger partial charge < -0.3 is 20.1 Å². The second-order valence-electron chi connectivity index (χ2n) is 6.74. The highest BCUT2D eigenvalue weighted by atomic mass is 31.2. The lowest BCUT2D eigenvalue weighted by atomic mass is 10.0. The lowest BCUT2D eigenvalue weighted by molar-refractivity contribution is -0.119. The number of benzene rings is 2. The minimum Gasteiger partial charge on any atom is -0.368 e. The van der Waals surface area contributed by atoms with E-state index in [0.29, 0.717) is 16.7 Å². The minimum atomic E-state index is -3.24. The largest absolute Gasteiger partial charge is 0.368 e. The molecule has 164 valence electrons. The average Bonchev–Trinajstić information content (AvgIpc) is 2.74. The van der Waals surface area contributed by atoms with E-state index in [0.717, 1.165) is 5.56 Å². The standard InChI is InChI=1S/C22H26N3O5P/c1-3-29-31(28,30-4-2)15-18-9-11-19(12-10-18)22(27)25-20(21(24)26)13-16-5-7-17(14-23)8-6-16/h5-12,20H,3-4,13,15H2,1-2H3,(H2,24,26)(H,25,27)/t20-/m1/s1. The fourth-order valence-electron chi connectivity index (χ4n) is 2.92. The number of nitrogens with two attached hydrogens (primary N) is 1. The van der Waals surface area contributed by atoms with Crippen LogP contribution >= 0.6 is 7.60 Å². The number of hydrogen-bond donors (Lipinski definition) is 2. The molecule has 0 aliphatic heterocycles. The van der Waals surface area contributed by atoms with E-state index in [-0.39, 0.29) is 25.8 Å². The van der Waals surface area contributed by atoms with Crippen molar-refractivity contribution >= 4 is 19.4 Å². The van der Waals surface area contributed by atoms with E-state index >= 15 is 0 Å². The molecule has 3 N–H and O–H groups in total. The van der Waals surface area contributed by atoms with Gasteiger partial charge in [-0.05, 0) is 49.2 Å². The Labute approximate surface area is 181 Å². The van der Waals surface area contributed by atoms with Crippen LogP contribution in [0.15, 0.2) is 48.5 Å². The lowest BCUT2D eigenvalue weighted by Gasteiger charge is -2.17. The third-order valence-electron chi connectivity index (χ3n) is 4.42. The molecule has 8 nitrogen and oxygen atoms in total. The van der Waals surface area contributed by atoms with Gasteiger partial charge in [-0.2, -0.15) is 5.26 Å². The summed E-state index contributed by atoms with van der Waals surface area (Å²) in [6, 6.07) is 14.3. The van der Waals surface area contributed by atoms with Crippen molar-refractivity contribution in [2.75, 3.05) is 13.2 Å². The summed E-state index contributed by atoms with van der Waals surface area (Å²) in [6.45, 7) is 4.02. The number of hydrogen-bond acceptors (Lipinski definition) is 6. The Kier molecular flexibility index (Phi) is 8.95. The minimum absolute atomic E-state index is 0.0964. The van der Waals surface area contributed by atoms with Crippen LogP contribution in [-0.2, 0) is 31.0 Å². The lowest BCUT2D eigenvalue weighted by Crippen LogP contribution is -2.45. The van der Waals surface area contributed by atoms with Gasteiger partial charge in [-0.1, -0.05) is 24.3 Å². The van der Waals surface area contributed by atoms with Crippen molar-refractivity contribution in [3.8, 4) is 6.07 Å². The third-order valence-corrected chi connectivity index (χ3v) is 6.47. The van der Waals surface area contributed by atoms with Crippen LogP contribution in [0.4, 0.5) is 0 Å². The van der Waals surface area contributed by atoms with Gasteiger partial charge in [0.05, 0.1) is 31.0 Å². The molecule has 9 heteroatoms. The fourth-order valence-corrected chi connectivity index (χ4v) is 4.62. The van der Waals surface area contributed by atoms with Gasteiger partial charge in [0, 0.05) is 12.0 Å². The fraction of sp³-hybridized carbons (Fsp3) is 0.318. The molecule has 0 aliphatic carbocycles. The number of primary amides is 1. The zero-order valence-electron chi connectivity index (χ0n) is 17.5. The summed E-state index contributed by atoms with van der Waals surface area (Å²) < 4.78 is 23.2. The zero-order valence-corrected chi connectivity index (χ0v) is 18.4. The average molecular weight is 443 g/mol. The van der Waals surface area contributed by atoms with Crippen molar-refractivity contribution in [3.05, 3.63) is 70.8 Å². The Morgan fingerprint density at radius 2 is 1.58 bits per heavy atom. The molecule has 0 saturated carbocycles. The van der Waals surface area contributed by atoms with Crippen molar-refractivity contribution in [1.82, 2.24) is 5.32 Å². The van der Waals surface area contributed by atoms with E-state index < -0.39 is 25.5 Å². The number of nitrogens with zero attached hydrogens (tertiary/aromatic N) is 1. The van der Waals surface area contributed by atoms with Crippen LogP contribution in [0.3, 0.4) is 0 Å². The van der Waals surface area contributed by atoms with Gasteiger partial charge in [-0.25, -0.2) is 0 Å². The molecule has 2 rings (SSSR count). The van der Waals surface area contributed by atoms with Crippen LogP contribution in [0.2, 0.25) is 0 Å². The summed E-state index contributed by atoms with van der Waals surface area (Å²) in [5, 5.41) is 11.5. The highest BCUT2D eigenvalue weighted by molar-refractivity contribution is 7.53. The normalized spacial score (nSPS) is 12.0. The molecule has 2 aromatic carbocycles. The first-order valence-corrected chi connectivity index (χ1v) is 11.6. The number of carbonyl (C=O) groups excluding carboxylic acids is 2. The van der Waals surface area contributed by atoms with Crippen LogP contribution in [-0.4, -0.2) is 31.1 Å². The second-order valence-corrected chi connectivity index (χ2v) is 8.80. The highest BCUT2D eigenvalue weighted by Crippen LogP contribution is 2.51. The molecule has 0 saturated heterocycles. The maximum atomic E-state index is 12.6. The first-order chi connectivity index (χ1) is 14.8. The van der Waals surface area contributed by atoms with Crippen LogP contribution in [0.25, 0.3) is 0 Å². The molecule has 0 spiro atoms. The molecular weight excluding hydrogens is 417 g/mol. The van der Waals surface area contributed by atoms with Gasteiger partial charge in [0.25, 0.3) is 5.91 Å². The molecule has 1 atom stereocenters. The van der Waals surface area contributed by atoms with Crippen molar-refractivity contribution in [1.29, 1.82) is 5.26 Å². The quantitative estimate of drug-likeness (QED) is 0.513. The smallest absolute Gasteiger partial charge is 0.335 e. The molecule has 0 radical (unpaired) electrons. The van der Waals surface area contributed by atoms with E-state index in [1.54, 1.807) is 62.4 Å². The highest BCUT2D eigenvalue weighted by Gasteiger charge is 2.24. The van der Waals surface area contributed by atoms with Gasteiger partial charge in [-0.3, -0.25) is 14.2 Å². The Balaban J connectivity index is 2.06. The van der Waals surface area contributed by atoms with Crippen LogP contribution in [0.5, 0.6) is 0 Å². The predicted octanol–water partition coefficient (Wildman–Crippen LogP) is 3.15. The van der Waals surface area contributed by atoms with Crippen LogP contribution < -0.4 is 11.1 Å². The van der Waals surface area contributed by atoms with Crippen molar-refractivity contribution in [2.24, 2.45) is 5.73 Å². The van der Waals surface area contributed by atoms with Crippen molar-refractivity contribution in [2.45, 2.75) is 32.5 Å². The van der Waals surface area contributed by atoms with Crippen LogP contribution in [0, 0.1) is 11.3 Å². The number of amides is 2. The molecule has 0 fully saturated rings. The SMILES string of the molecule is CCOP(=O)(Cc1ccc(C(=O)N[C@H](Cc2ccc(C#N)cc2)C(N)=O)cc1)OCC. The summed E-state index contributed by atoms with van der Waals surface area (Å²) in [5.41, 5.74) is 7.75. The third kappa shape index (κ3) is 7.34. The number of rotatable bonds is 11. The van der Waals surface area contributed by atoms with Crippen molar-refractivity contribution < 1.29 is 23.2 Å². The molecule has 31 heavy (non-hydrogen) atoms. The van der Waals surface area contributed by atoms with Gasteiger partial charge in [0.2, 0.25) is 5.91 Å². The van der Waals surface area contributed by atoms with Gasteiger partial charge >= 0.3 is 7.60 Å². The van der Waals surface area contributed by atoms with E-state index in [1.165, 1.54) is 0 Å². The summed E-state index contributed by atoms with van der Waals surface area (Å²) >= 11 is 0. The zero-order chi connectivity index (χ0) is 22.9. The Morgan fingerprint density at radius 3 is 2.06 bits per heavy atom. The molecule has 0 aliphatic rings. The molecule has 2 amide bonds. The van der Waals surface area contributed by atoms with Gasteiger partial charge in [0.15, 0.2) is 0 Å².